The number of hydrogen-bond donors (Lipinski definition) is 4. The fourth-order valence-electron chi connectivity index (χ4n) is 3.94. The van der Waals surface area contributed by atoms with Crippen LogP contribution in [-0.2, 0) is 6.54 Å². The van der Waals surface area contributed by atoms with Crippen molar-refractivity contribution in [1.82, 2.24) is 35.2 Å². The lowest BCUT2D eigenvalue weighted by Crippen LogP contribution is -2.32. The number of aromatic amines is 1. The summed E-state index contributed by atoms with van der Waals surface area (Å²) in [4.78, 5) is 57.9. The summed E-state index contributed by atoms with van der Waals surface area (Å²) >= 11 is 0. The highest BCUT2D eigenvalue weighted by Gasteiger charge is 2.21. The maximum atomic E-state index is 13.2. The molecule has 3 aromatic heterocycles. The van der Waals surface area contributed by atoms with Gasteiger partial charge in [-0.3, -0.25) is 9.59 Å². The second kappa shape index (κ2) is 9.61. The molecule has 13 heteroatoms. The number of fused-ring (bicyclic) bond motifs is 2. The van der Waals surface area contributed by atoms with Crippen molar-refractivity contribution in [2.45, 2.75) is 26.4 Å². The van der Waals surface area contributed by atoms with Crippen LogP contribution in [0.4, 0.5) is 0 Å². The van der Waals surface area contributed by atoms with Crippen molar-refractivity contribution >= 4 is 34.7 Å². The van der Waals surface area contributed by atoms with Crippen molar-refractivity contribution < 1.29 is 23.9 Å². The first-order valence-corrected chi connectivity index (χ1v) is 11.5. The molecule has 38 heavy (non-hydrogen) atoms. The number of carbonyl (C=O) groups excluding carboxylic acids is 2. The van der Waals surface area contributed by atoms with Gasteiger partial charge < -0.3 is 20.2 Å². The van der Waals surface area contributed by atoms with Gasteiger partial charge in [-0.15, -0.1) is 5.10 Å². The quantitative estimate of drug-likeness (QED) is 0.252. The first kappa shape index (κ1) is 24.4. The smallest absolute Gasteiger partial charge is 0.349 e. The maximum Gasteiger partial charge on any atom is 0.349 e. The molecule has 3 heterocycles. The van der Waals surface area contributed by atoms with E-state index in [0.717, 1.165) is 9.96 Å². The third kappa shape index (κ3) is 4.72. The molecule has 0 saturated heterocycles. The second-order valence-corrected chi connectivity index (χ2v) is 8.53. The van der Waals surface area contributed by atoms with Crippen molar-refractivity contribution in [3.63, 3.8) is 0 Å². The highest BCUT2D eigenvalue weighted by atomic mass is 16.4. The van der Waals surface area contributed by atoms with Gasteiger partial charge in [-0.2, -0.15) is 0 Å². The highest BCUT2D eigenvalue weighted by molar-refractivity contribution is 5.98. The van der Waals surface area contributed by atoms with E-state index in [1.165, 1.54) is 18.2 Å². The molecule has 5 rings (SSSR count). The van der Waals surface area contributed by atoms with Crippen molar-refractivity contribution in [3.05, 3.63) is 93.0 Å². The highest BCUT2D eigenvalue weighted by Crippen LogP contribution is 2.17. The molecule has 0 spiro atoms. The largest absolute Gasteiger partial charge is 0.478 e. The lowest BCUT2D eigenvalue weighted by molar-refractivity contribution is 0.0696. The van der Waals surface area contributed by atoms with E-state index in [-0.39, 0.29) is 29.3 Å². The Balaban J connectivity index is 1.37. The molecule has 0 aliphatic heterocycles. The standard InChI is InChI=1S/C25H21N7O6/c1-12(15-4-6-16(7-5-15)23(35)36)27-22(34)19-10-18(29-24-30-31-25(37)32(19)24)21(33)26-11-14-3-8-20-17(9-14)28-13(2)38-20/h3-10,12H,11H2,1-2H3,(H,26,33)(H,27,34)(H,31,37)(H,35,36)/t12-/m1/s1. The number of nitrogens with zero attached hydrogens (tertiary/aromatic N) is 4. The Morgan fingerprint density at radius 2 is 1.84 bits per heavy atom. The number of hydrogen-bond acceptors (Lipinski definition) is 8. The van der Waals surface area contributed by atoms with Gasteiger partial charge in [0.05, 0.1) is 11.6 Å². The van der Waals surface area contributed by atoms with Crippen LogP contribution in [0.5, 0.6) is 0 Å². The van der Waals surface area contributed by atoms with E-state index in [2.05, 4.69) is 30.8 Å². The lowest BCUT2D eigenvalue weighted by atomic mass is 10.1. The molecule has 0 radical (unpaired) electrons. The number of amides is 2. The number of benzene rings is 2. The van der Waals surface area contributed by atoms with Gasteiger partial charge >= 0.3 is 11.7 Å². The molecule has 0 aliphatic rings. The van der Waals surface area contributed by atoms with Gasteiger partial charge in [-0.25, -0.2) is 29.1 Å². The molecule has 0 unspecified atom stereocenters. The molecule has 5 aromatic rings. The summed E-state index contributed by atoms with van der Waals surface area (Å²) in [6.07, 6.45) is 0. The van der Waals surface area contributed by atoms with Crippen LogP contribution in [0.1, 0.15) is 61.3 Å². The van der Waals surface area contributed by atoms with Crippen molar-refractivity contribution in [1.29, 1.82) is 0 Å². The zero-order chi connectivity index (χ0) is 27.0. The predicted molar refractivity (Wildman–Crippen MR) is 133 cm³/mol. The topological polar surface area (TPSA) is 185 Å². The second-order valence-electron chi connectivity index (χ2n) is 8.53. The Morgan fingerprint density at radius 3 is 2.58 bits per heavy atom. The molecule has 13 nitrogen and oxygen atoms in total. The van der Waals surface area contributed by atoms with Crippen LogP contribution in [0.25, 0.3) is 16.9 Å². The molecule has 2 amide bonds. The summed E-state index contributed by atoms with van der Waals surface area (Å²) < 4.78 is 6.42. The van der Waals surface area contributed by atoms with Crippen molar-refractivity contribution in [3.8, 4) is 0 Å². The number of carboxylic acid groups (broad SMARTS) is 1. The van der Waals surface area contributed by atoms with Gasteiger partial charge in [-0.05, 0) is 48.4 Å². The third-order valence-corrected chi connectivity index (χ3v) is 5.87. The Labute approximate surface area is 213 Å². The van der Waals surface area contributed by atoms with E-state index >= 15 is 0 Å². The third-order valence-electron chi connectivity index (χ3n) is 5.87. The fraction of sp³-hybridized carbons (Fsp3) is 0.160. The van der Waals surface area contributed by atoms with Crippen molar-refractivity contribution in [2.75, 3.05) is 0 Å². The Morgan fingerprint density at radius 1 is 1.08 bits per heavy atom. The van der Waals surface area contributed by atoms with E-state index in [1.807, 2.05) is 0 Å². The van der Waals surface area contributed by atoms with Crippen LogP contribution in [0.3, 0.4) is 0 Å². The number of aromatic nitrogens is 5. The number of rotatable bonds is 7. The molecule has 192 valence electrons. The minimum absolute atomic E-state index is 0.111. The number of oxazole rings is 1. The summed E-state index contributed by atoms with van der Waals surface area (Å²) in [6.45, 7) is 3.60. The number of nitrogens with one attached hydrogen (secondary N) is 3. The van der Waals surface area contributed by atoms with Crippen LogP contribution in [-0.4, -0.2) is 47.5 Å². The maximum absolute atomic E-state index is 13.2. The van der Waals surface area contributed by atoms with Gasteiger partial charge in [0.15, 0.2) is 11.5 Å². The van der Waals surface area contributed by atoms with Crippen LogP contribution in [0.15, 0.2) is 57.7 Å². The zero-order valence-corrected chi connectivity index (χ0v) is 20.2. The van der Waals surface area contributed by atoms with Crippen LogP contribution < -0.4 is 16.3 Å². The minimum atomic E-state index is -1.06. The molecule has 0 saturated carbocycles. The van der Waals surface area contributed by atoms with E-state index in [9.17, 15) is 19.2 Å². The first-order valence-electron chi connectivity index (χ1n) is 11.5. The monoisotopic (exact) mass is 515 g/mol. The molecule has 1 atom stereocenters. The van der Waals surface area contributed by atoms with Crippen molar-refractivity contribution in [2.24, 2.45) is 0 Å². The number of aryl methyl sites for hydroxylation is 1. The van der Waals surface area contributed by atoms with E-state index in [1.54, 1.807) is 44.2 Å². The summed E-state index contributed by atoms with van der Waals surface area (Å²) in [5, 5.41) is 20.6. The molecule has 0 fully saturated rings. The summed E-state index contributed by atoms with van der Waals surface area (Å²) in [7, 11) is 0. The minimum Gasteiger partial charge on any atom is -0.478 e. The van der Waals surface area contributed by atoms with Gasteiger partial charge in [-0.1, -0.05) is 18.2 Å². The Hall–Kier alpha value is -5.33. The number of carboxylic acids is 1. The fourth-order valence-corrected chi connectivity index (χ4v) is 3.94. The van der Waals surface area contributed by atoms with Crippen LogP contribution >= 0.6 is 0 Å². The number of aromatic carboxylic acids is 1. The van der Waals surface area contributed by atoms with E-state index in [4.69, 9.17) is 9.52 Å². The van der Waals surface area contributed by atoms with Gasteiger partial charge in [0.1, 0.15) is 16.9 Å². The molecule has 0 aliphatic carbocycles. The predicted octanol–water partition coefficient (Wildman–Crippen LogP) is 1.99. The van der Waals surface area contributed by atoms with E-state index < -0.39 is 29.5 Å². The van der Waals surface area contributed by atoms with Crippen LogP contribution in [0.2, 0.25) is 0 Å². The van der Waals surface area contributed by atoms with Gasteiger partial charge in [0.2, 0.25) is 0 Å². The normalized spacial score (nSPS) is 11.9. The van der Waals surface area contributed by atoms with Gasteiger partial charge in [0, 0.05) is 13.5 Å². The Kier molecular flexibility index (Phi) is 6.16. The first-order chi connectivity index (χ1) is 18.2. The van der Waals surface area contributed by atoms with Crippen LogP contribution in [0, 0.1) is 6.92 Å². The summed E-state index contributed by atoms with van der Waals surface area (Å²) in [5.41, 5.74) is 1.87. The molecular weight excluding hydrogens is 494 g/mol. The number of carbonyl (C=O) groups is 3. The zero-order valence-electron chi connectivity index (χ0n) is 20.2. The SMILES string of the molecule is Cc1nc2cc(CNC(=O)c3cc(C(=O)N[C@H](C)c4ccc(C(=O)O)cc4)n4c(=O)[nH]nc4n3)ccc2o1. The molecule has 0 bridgehead atoms. The number of H-pyrrole nitrogens is 1. The lowest BCUT2D eigenvalue weighted by Gasteiger charge is -2.15. The average molecular weight is 515 g/mol. The summed E-state index contributed by atoms with van der Waals surface area (Å²) in [6, 6.07) is 12.0. The molecular formula is C25H21N7O6. The van der Waals surface area contributed by atoms with E-state index in [0.29, 0.717) is 22.6 Å². The average Bonchev–Trinajstić information content (AvgIpc) is 3.47. The van der Waals surface area contributed by atoms with Gasteiger partial charge in [0.25, 0.3) is 17.6 Å². The Bertz CT molecular complexity index is 1770. The molecule has 2 aromatic carbocycles. The summed E-state index contributed by atoms with van der Waals surface area (Å²) in [5.74, 6) is -1.91. The molecule has 4 N–H and O–H groups in total.